The van der Waals surface area contributed by atoms with Crippen molar-refractivity contribution >= 4 is 22.7 Å². The third-order valence-corrected chi connectivity index (χ3v) is 8.21. The highest BCUT2D eigenvalue weighted by Crippen LogP contribution is 2.50. The number of carbonyl (C=O) groups is 1. The van der Waals surface area contributed by atoms with Crippen molar-refractivity contribution in [2.24, 2.45) is 5.41 Å². The van der Waals surface area contributed by atoms with Crippen molar-refractivity contribution in [1.29, 1.82) is 0 Å². The van der Waals surface area contributed by atoms with Crippen LogP contribution in [0.15, 0.2) is 65.7 Å². The van der Waals surface area contributed by atoms with Crippen LogP contribution < -0.4 is 4.90 Å². The molecule has 0 radical (unpaired) electrons. The van der Waals surface area contributed by atoms with Crippen LogP contribution in [0.1, 0.15) is 45.4 Å². The summed E-state index contributed by atoms with van der Waals surface area (Å²) in [5.41, 5.74) is 0.946. The molecule has 3 aliphatic rings. The predicted octanol–water partition coefficient (Wildman–Crippen LogP) is 5.41. The summed E-state index contributed by atoms with van der Waals surface area (Å²) >= 11 is 1.25. The number of anilines is 1. The first-order valence-corrected chi connectivity index (χ1v) is 12.0. The number of amides is 1. The molecule has 1 aromatic rings. The van der Waals surface area contributed by atoms with Crippen molar-refractivity contribution in [3.63, 3.8) is 0 Å². The van der Waals surface area contributed by atoms with Crippen molar-refractivity contribution in [3.8, 4) is 0 Å². The average molecular weight is 460 g/mol. The molecule has 0 bridgehead atoms. The first-order chi connectivity index (χ1) is 15.3. The van der Waals surface area contributed by atoms with Crippen LogP contribution in [0.2, 0.25) is 0 Å². The maximum absolute atomic E-state index is 13.3. The van der Waals surface area contributed by atoms with E-state index in [2.05, 4.69) is 0 Å². The van der Waals surface area contributed by atoms with Crippen molar-refractivity contribution in [3.05, 3.63) is 65.7 Å². The standard InChI is InChI=1S/C25H30FNO4S/c1-25(14-13-19(28)15-22(25)30)23-21(12-11-20(29)16-7-9-17(26)10-8-16)32-24(31)27(23)18-5-3-2-4-6-18/h2-7,9,13,20-23,28-30H,8,10-12,14-15H2,1H3/t20-,21-,22?,23-,25?/m0/s1. The van der Waals surface area contributed by atoms with Crippen LogP contribution in [0.25, 0.3) is 0 Å². The molecule has 1 aromatic carbocycles. The van der Waals surface area contributed by atoms with Gasteiger partial charge in [-0.25, -0.2) is 4.39 Å². The monoisotopic (exact) mass is 459 g/mol. The van der Waals surface area contributed by atoms with Crippen LogP contribution in [0.4, 0.5) is 14.9 Å². The summed E-state index contributed by atoms with van der Waals surface area (Å²) in [5, 5.41) is 31.4. The smallest absolute Gasteiger partial charge is 0.286 e. The second kappa shape index (κ2) is 9.41. The molecule has 1 amide bonds. The van der Waals surface area contributed by atoms with Gasteiger partial charge in [-0.15, -0.1) is 0 Å². The quantitative estimate of drug-likeness (QED) is 0.530. The zero-order valence-corrected chi connectivity index (χ0v) is 19.0. The van der Waals surface area contributed by atoms with Crippen molar-refractivity contribution in [2.75, 3.05) is 4.90 Å². The summed E-state index contributed by atoms with van der Waals surface area (Å²) < 4.78 is 13.3. The van der Waals surface area contributed by atoms with E-state index in [9.17, 15) is 24.5 Å². The molecule has 0 saturated carbocycles. The van der Waals surface area contributed by atoms with E-state index in [4.69, 9.17) is 0 Å². The van der Waals surface area contributed by atoms with E-state index >= 15 is 0 Å². The summed E-state index contributed by atoms with van der Waals surface area (Å²) in [5.74, 6) is 0.00156. The van der Waals surface area contributed by atoms with Gasteiger partial charge in [-0.05, 0) is 55.5 Å². The summed E-state index contributed by atoms with van der Waals surface area (Å²) in [4.78, 5) is 14.9. The highest BCUT2D eigenvalue weighted by molar-refractivity contribution is 8.14. The van der Waals surface area contributed by atoms with Gasteiger partial charge in [0.25, 0.3) is 5.24 Å². The molecule has 5 atom stereocenters. The number of carbonyl (C=O) groups excluding carboxylic acids is 1. The molecular formula is C25H30FNO4S. The normalized spacial score (nSPS) is 31.8. The van der Waals surface area contributed by atoms with Gasteiger partial charge in [0.15, 0.2) is 0 Å². The fourth-order valence-electron chi connectivity index (χ4n) is 5.04. The second-order valence-corrected chi connectivity index (χ2v) is 10.3. The van der Waals surface area contributed by atoms with Gasteiger partial charge >= 0.3 is 0 Å². The van der Waals surface area contributed by atoms with E-state index in [-0.39, 0.29) is 34.5 Å². The third-order valence-electron chi connectivity index (χ3n) is 7.01. The lowest BCUT2D eigenvalue weighted by molar-refractivity contribution is 0.00392. The lowest BCUT2D eigenvalue weighted by Crippen LogP contribution is -2.55. The Balaban J connectivity index is 1.60. The Hall–Kier alpha value is -2.09. The van der Waals surface area contributed by atoms with Crippen LogP contribution in [0, 0.1) is 5.41 Å². The number of hydrogen-bond acceptors (Lipinski definition) is 5. The number of aliphatic hydroxyl groups excluding tert-OH is 3. The first-order valence-electron chi connectivity index (χ1n) is 11.1. The number of hydrogen-bond donors (Lipinski definition) is 3. The molecule has 5 nitrogen and oxygen atoms in total. The average Bonchev–Trinajstić information content (AvgIpc) is 3.12. The number of nitrogens with zero attached hydrogens (tertiary/aromatic N) is 1. The number of aliphatic hydroxyl groups is 3. The van der Waals surface area contributed by atoms with Crippen molar-refractivity contribution < 1.29 is 24.5 Å². The minimum atomic E-state index is -0.795. The number of allylic oxidation sites excluding steroid dienone is 4. The molecule has 0 aromatic heterocycles. The van der Waals surface area contributed by atoms with Crippen LogP contribution in [-0.4, -0.2) is 44.1 Å². The molecule has 1 heterocycles. The topological polar surface area (TPSA) is 81.0 Å². The zero-order valence-electron chi connectivity index (χ0n) is 18.2. The first kappa shape index (κ1) is 23.1. The van der Waals surface area contributed by atoms with Crippen molar-refractivity contribution in [1.82, 2.24) is 0 Å². The minimum absolute atomic E-state index is 0.0743. The number of para-hydroxylation sites is 1. The Morgan fingerprint density at radius 1 is 1.25 bits per heavy atom. The number of benzene rings is 1. The number of halogens is 1. The highest BCUT2D eigenvalue weighted by atomic mass is 32.2. The number of rotatable bonds is 6. The van der Waals surface area contributed by atoms with Crippen LogP contribution in [0.5, 0.6) is 0 Å². The molecule has 2 unspecified atom stereocenters. The molecule has 32 heavy (non-hydrogen) atoms. The van der Waals surface area contributed by atoms with Gasteiger partial charge in [-0.1, -0.05) is 43.0 Å². The lowest BCUT2D eigenvalue weighted by Gasteiger charge is -2.46. The Morgan fingerprint density at radius 3 is 2.66 bits per heavy atom. The molecule has 3 N–H and O–H groups in total. The van der Waals surface area contributed by atoms with Gasteiger partial charge < -0.3 is 15.3 Å². The Bertz CT molecular complexity index is 947. The van der Waals surface area contributed by atoms with Gasteiger partial charge in [-0.2, -0.15) is 0 Å². The van der Waals surface area contributed by atoms with Crippen LogP contribution in [0.3, 0.4) is 0 Å². The summed E-state index contributed by atoms with van der Waals surface area (Å²) in [6, 6.07) is 9.15. The highest BCUT2D eigenvalue weighted by Gasteiger charge is 2.54. The lowest BCUT2D eigenvalue weighted by atomic mass is 9.68. The molecule has 0 spiro atoms. The van der Waals surface area contributed by atoms with E-state index in [1.807, 2.05) is 37.3 Å². The Morgan fingerprint density at radius 2 is 2.00 bits per heavy atom. The van der Waals surface area contributed by atoms with E-state index in [1.54, 1.807) is 17.1 Å². The SMILES string of the molecule is CC1([C@@H]2[C@H](CC[C@H](O)C3=CC=C(F)CC3)SC(=O)N2c2ccccc2)CC=C(O)CC1O. The molecule has 1 aliphatic heterocycles. The van der Waals surface area contributed by atoms with Crippen LogP contribution >= 0.6 is 11.8 Å². The molecular weight excluding hydrogens is 429 g/mol. The maximum atomic E-state index is 13.3. The van der Waals surface area contributed by atoms with E-state index in [0.717, 1.165) is 11.3 Å². The van der Waals surface area contributed by atoms with Gasteiger partial charge in [0.2, 0.25) is 0 Å². The molecule has 2 aliphatic carbocycles. The van der Waals surface area contributed by atoms with Crippen LogP contribution in [-0.2, 0) is 0 Å². The van der Waals surface area contributed by atoms with Gasteiger partial charge in [0.05, 0.1) is 24.0 Å². The molecule has 172 valence electrons. The summed E-state index contributed by atoms with van der Waals surface area (Å²) in [6.45, 7) is 1.97. The largest absolute Gasteiger partial charge is 0.513 e. The molecule has 4 rings (SSSR count). The molecule has 7 heteroatoms. The van der Waals surface area contributed by atoms with Gasteiger partial charge in [-0.3, -0.25) is 9.69 Å². The van der Waals surface area contributed by atoms with E-state index in [1.165, 1.54) is 17.8 Å². The predicted molar refractivity (Wildman–Crippen MR) is 125 cm³/mol. The van der Waals surface area contributed by atoms with E-state index in [0.29, 0.717) is 32.1 Å². The van der Waals surface area contributed by atoms with E-state index < -0.39 is 17.6 Å². The minimum Gasteiger partial charge on any atom is -0.513 e. The zero-order chi connectivity index (χ0) is 22.9. The fourth-order valence-corrected chi connectivity index (χ4v) is 6.45. The summed E-state index contributed by atoms with van der Waals surface area (Å²) in [7, 11) is 0. The second-order valence-electron chi connectivity index (χ2n) is 9.15. The molecule has 1 saturated heterocycles. The maximum Gasteiger partial charge on any atom is 0.286 e. The fraction of sp³-hybridized carbons (Fsp3) is 0.480. The van der Waals surface area contributed by atoms with Gasteiger partial charge in [0.1, 0.15) is 5.83 Å². The third kappa shape index (κ3) is 4.51. The number of thioether (sulfide) groups is 1. The molecule has 1 fully saturated rings. The Kier molecular flexibility index (Phi) is 6.79. The summed E-state index contributed by atoms with van der Waals surface area (Å²) in [6.07, 6.45) is 5.79. The van der Waals surface area contributed by atoms with Gasteiger partial charge in [0, 0.05) is 29.2 Å². The van der Waals surface area contributed by atoms with Crippen molar-refractivity contribution in [2.45, 2.75) is 68.9 Å². The Labute approximate surface area is 192 Å².